The van der Waals surface area contributed by atoms with Gasteiger partial charge in [-0.05, 0) is 43.7 Å². The number of hydrogen-bond acceptors (Lipinski definition) is 7. The van der Waals surface area contributed by atoms with Crippen LogP contribution in [-0.4, -0.2) is 33.9 Å². The van der Waals surface area contributed by atoms with Gasteiger partial charge in [0.1, 0.15) is 11.9 Å². The first-order valence-electron chi connectivity index (χ1n) is 10.8. The lowest BCUT2D eigenvalue weighted by Gasteiger charge is -2.22. The number of fused-ring (bicyclic) bond motifs is 5. The number of rotatable bonds is 3. The van der Waals surface area contributed by atoms with Crippen LogP contribution in [0.2, 0.25) is 0 Å². The lowest BCUT2D eigenvalue weighted by atomic mass is 9.93. The van der Waals surface area contributed by atoms with Gasteiger partial charge in [-0.3, -0.25) is 14.5 Å². The molecule has 0 saturated carbocycles. The maximum Gasteiger partial charge on any atom is 0.269 e. The number of primary amides is 1. The molecule has 0 saturated heterocycles. The maximum atomic E-state index is 14.2. The van der Waals surface area contributed by atoms with E-state index >= 15 is 0 Å². The van der Waals surface area contributed by atoms with Gasteiger partial charge in [0.05, 0.1) is 5.69 Å². The van der Waals surface area contributed by atoms with Crippen molar-refractivity contribution >= 4 is 23.6 Å². The molecule has 176 valence electrons. The number of anilines is 1. The quantitative estimate of drug-likeness (QED) is 0.509. The van der Waals surface area contributed by atoms with Gasteiger partial charge in [0.2, 0.25) is 0 Å². The van der Waals surface area contributed by atoms with E-state index in [1.807, 2.05) is 6.92 Å². The van der Waals surface area contributed by atoms with E-state index in [4.69, 9.17) is 21.9 Å². The Morgan fingerprint density at radius 2 is 2.12 bits per heavy atom. The van der Waals surface area contributed by atoms with Gasteiger partial charge in [0.25, 0.3) is 5.91 Å². The molecule has 6 N–H and O–H groups in total. The second kappa shape index (κ2) is 8.97. The Bertz CT molecular complexity index is 1340. The molecular weight excluding hydrogens is 437 g/mol. The van der Waals surface area contributed by atoms with Gasteiger partial charge < -0.3 is 21.9 Å². The normalized spacial score (nSPS) is 17.9. The molecule has 9 nitrogen and oxygen atoms in total. The molecular formula is C24H26FN7O2. The van der Waals surface area contributed by atoms with Crippen LogP contribution in [0.3, 0.4) is 0 Å². The number of aromatic nitrogens is 3. The molecule has 0 radical (unpaired) electrons. The largest absolute Gasteiger partial charge is 0.482 e. The SMILES string of the molecule is CCn1nc(C(N)=O)c2c1-c1cnc(N)c(c1)O[C@H](C)c1cc(F)ccc1/C(N)=C(/C=NC)C2. The third-order valence-electron chi connectivity index (χ3n) is 5.78. The highest BCUT2D eigenvalue weighted by molar-refractivity contribution is 5.97. The number of pyridine rings is 1. The highest BCUT2D eigenvalue weighted by Gasteiger charge is 2.26. The predicted octanol–water partition coefficient (Wildman–Crippen LogP) is 2.85. The van der Waals surface area contributed by atoms with E-state index in [0.717, 1.165) is 0 Å². The zero-order valence-corrected chi connectivity index (χ0v) is 19.2. The molecule has 34 heavy (non-hydrogen) atoms. The Kier molecular flexibility index (Phi) is 6.06. The molecule has 0 unspecified atom stereocenters. The Balaban J connectivity index is 2.11. The number of carbonyl (C=O) groups is 1. The van der Waals surface area contributed by atoms with Crippen LogP contribution in [-0.2, 0) is 13.0 Å². The molecule has 3 aromatic rings. The number of hydrogen-bond donors (Lipinski definition) is 3. The van der Waals surface area contributed by atoms with Crippen LogP contribution in [0.25, 0.3) is 17.0 Å². The Hall–Kier alpha value is -4.21. The van der Waals surface area contributed by atoms with Gasteiger partial charge in [-0.2, -0.15) is 5.10 Å². The first-order chi connectivity index (χ1) is 16.2. The Morgan fingerprint density at radius 1 is 1.35 bits per heavy atom. The number of benzene rings is 1. The summed E-state index contributed by atoms with van der Waals surface area (Å²) in [6.45, 7) is 4.16. The van der Waals surface area contributed by atoms with Gasteiger partial charge in [-0.15, -0.1) is 0 Å². The standard InChI is InChI=1S/C24H26FN7O2/c1-4-32-22-14-8-19(23(27)30-11-14)34-12(2)17-9-15(25)5-6-16(17)20(26)13(10-29-3)7-18(22)21(31-32)24(28)33/h5-6,8-12H,4,7,26H2,1-3H3,(H2,27,30)(H2,28,33)/b20-13-,29-10?/t12-/m1/s1. The van der Waals surface area contributed by atoms with Gasteiger partial charge in [0, 0.05) is 60.4 Å². The zero-order valence-electron chi connectivity index (χ0n) is 19.2. The van der Waals surface area contributed by atoms with Gasteiger partial charge >= 0.3 is 0 Å². The third-order valence-corrected chi connectivity index (χ3v) is 5.78. The van der Waals surface area contributed by atoms with Crippen molar-refractivity contribution in [1.82, 2.24) is 14.8 Å². The second-order valence-electron chi connectivity index (χ2n) is 7.96. The van der Waals surface area contributed by atoms with E-state index in [-0.39, 0.29) is 17.9 Å². The molecule has 1 aliphatic rings. The van der Waals surface area contributed by atoms with Crippen molar-refractivity contribution in [2.24, 2.45) is 16.5 Å². The highest BCUT2D eigenvalue weighted by Crippen LogP contribution is 2.37. The molecule has 0 spiro atoms. The minimum atomic E-state index is -0.669. The van der Waals surface area contributed by atoms with Crippen molar-refractivity contribution in [1.29, 1.82) is 0 Å². The topological polar surface area (TPSA) is 147 Å². The maximum absolute atomic E-state index is 14.2. The minimum Gasteiger partial charge on any atom is -0.482 e. The average molecular weight is 464 g/mol. The molecule has 2 bridgehead atoms. The fourth-order valence-corrected chi connectivity index (χ4v) is 4.19. The smallest absolute Gasteiger partial charge is 0.269 e. The second-order valence-corrected chi connectivity index (χ2v) is 7.96. The van der Waals surface area contributed by atoms with Gasteiger partial charge in [-0.1, -0.05) is 0 Å². The lowest BCUT2D eigenvalue weighted by molar-refractivity contribution is 0.0994. The molecule has 1 atom stereocenters. The molecule has 1 aromatic carbocycles. The molecule has 0 aliphatic carbocycles. The summed E-state index contributed by atoms with van der Waals surface area (Å²) >= 11 is 0. The summed E-state index contributed by atoms with van der Waals surface area (Å²) in [6, 6.07) is 6.04. The number of nitrogens with two attached hydrogens (primary N) is 3. The lowest BCUT2D eigenvalue weighted by Crippen LogP contribution is -2.16. The number of nitrogen functional groups attached to an aromatic ring is 1. The Labute approximate surface area is 196 Å². The van der Waals surface area contributed by atoms with Crippen LogP contribution in [0.1, 0.15) is 47.1 Å². The molecule has 10 heteroatoms. The summed E-state index contributed by atoms with van der Waals surface area (Å²) in [5.41, 5.74) is 22.5. The number of halogens is 1. The third kappa shape index (κ3) is 3.98. The van der Waals surface area contributed by atoms with E-state index in [2.05, 4.69) is 15.1 Å². The van der Waals surface area contributed by atoms with Crippen molar-refractivity contribution in [3.8, 4) is 17.0 Å². The van der Waals surface area contributed by atoms with Crippen molar-refractivity contribution < 1.29 is 13.9 Å². The summed E-state index contributed by atoms with van der Waals surface area (Å²) in [4.78, 5) is 20.8. The number of ether oxygens (including phenoxy) is 1. The van der Waals surface area contributed by atoms with Crippen LogP contribution in [0.4, 0.5) is 10.2 Å². The number of allylic oxidation sites excluding steroid dienone is 1. The van der Waals surface area contributed by atoms with E-state index in [9.17, 15) is 9.18 Å². The van der Waals surface area contributed by atoms with Crippen molar-refractivity contribution in [3.05, 3.63) is 64.2 Å². The average Bonchev–Trinajstić information content (AvgIpc) is 3.17. The first kappa shape index (κ1) is 23.0. The number of amides is 1. The molecule has 1 aliphatic heterocycles. The van der Waals surface area contributed by atoms with Crippen LogP contribution >= 0.6 is 0 Å². The molecule has 0 fully saturated rings. The van der Waals surface area contributed by atoms with E-state index in [0.29, 0.717) is 51.5 Å². The molecule has 2 aromatic heterocycles. The van der Waals surface area contributed by atoms with Gasteiger partial charge in [-0.25, -0.2) is 9.37 Å². The van der Waals surface area contributed by atoms with Gasteiger partial charge in [0.15, 0.2) is 17.3 Å². The number of nitrogens with zero attached hydrogens (tertiary/aromatic N) is 4. The number of aliphatic imine (C=N–C) groups is 1. The van der Waals surface area contributed by atoms with Crippen LogP contribution < -0.4 is 21.9 Å². The number of carbonyl (C=O) groups excluding carboxylic acids is 1. The molecule has 1 amide bonds. The molecule has 3 heterocycles. The summed E-state index contributed by atoms with van der Waals surface area (Å²) in [7, 11) is 1.62. The fourth-order valence-electron chi connectivity index (χ4n) is 4.19. The zero-order chi connectivity index (χ0) is 24.6. The van der Waals surface area contributed by atoms with Crippen LogP contribution in [0.15, 0.2) is 41.0 Å². The van der Waals surface area contributed by atoms with Crippen molar-refractivity contribution in [3.63, 3.8) is 0 Å². The summed E-state index contributed by atoms with van der Waals surface area (Å²) in [5, 5.41) is 4.45. The summed E-state index contributed by atoms with van der Waals surface area (Å²) < 4.78 is 22.1. The monoisotopic (exact) mass is 463 g/mol. The van der Waals surface area contributed by atoms with Crippen LogP contribution in [0, 0.1) is 5.82 Å². The number of aryl methyl sites for hydroxylation is 1. The van der Waals surface area contributed by atoms with E-state index < -0.39 is 17.8 Å². The van der Waals surface area contributed by atoms with Crippen LogP contribution in [0.5, 0.6) is 5.75 Å². The van der Waals surface area contributed by atoms with E-state index in [1.165, 1.54) is 12.1 Å². The van der Waals surface area contributed by atoms with Crippen molar-refractivity contribution in [2.75, 3.05) is 12.8 Å². The Morgan fingerprint density at radius 3 is 2.79 bits per heavy atom. The fraction of sp³-hybridized carbons (Fsp3) is 0.250. The summed E-state index contributed by atoms with van der Waals surface area (Å²) in [6.07, 6.45) is 2.82. The highest BCUT2D eigenvalue weighted by atomic mass is 19.1. The molecule has 4 rings (SSSR count). The van der Waals surface area contributed by atoms with E-state index in [1.54, 1.807) is 43.2 Å². The predicted molar refractivity (Wildman–Crippen MR) is 129 cm³/mol. The minimum absolute atomic E-state index is 0.121. The summed E-state index contributed by atoms with van der Waals surface area (Å²) in [5.74, 6) is -0.610. The first-order valence-corrected chi connectivity index (χ1v) is 10.8. The van der Waals surface area contributed by atoms with Crippen molar-refractivity contribution in [2.45, 2.75) is 32.9 Å².